The molecule has 1 heterocycles. The fourth-order valence-corrected chi connectivity index (χ4v) is 2.94. The lowest BCUT2D eigenvalue weighted by molar-refractivity contribution is -0.384. The highest BCUT2D eigenvalue weighted by Crippen LogP contribution is 2.34. The van der Waals surface area contributed by atoms with Crippen LogP contribution in [0.5, 0.6) is 0 Å². The second kappa shape index (κ2) is 8.00. The van der Waals surface area contributed by atoms with Gasteiger partial charge >= 0.3 is 5.97 Å². The number of ether oxygens (including phenoxy) is 1. The lowest BCUT2D eigenvalue weighted by Gasteiger charge is -2.05. The largest absolute Gasteiger partial charge is 0.457 e. The van der Waals surface area contributed by atoms with E-state index in [1.807, 2.05) is 0 Å². The maximum absolute atomic E-state index is 12.1. The van der Waals surface area contributed by atoms with Crippen LogP contribution in [0.25, 0.3) is 11.3 Å². The van der Waals surface area contributed by atoms with Crippen molar-refractivity contribution in [2.45, 2.75) is 6.61 Å². The molecular weight excluding hydrogens is 417 g/mol. The van der Waals surface area contributed by atoms with Gasteiger partial charge in [0.15, 0.2) is 0 Å². The molecule has 0 unspecified atom stereocenters. The summed E-state index contributed by atoms with van der Waals surface area (Å²) in [7, 11) is 0. The fraction of sp³-hybridized carbons (Fsp3) is 0.0556. The Morgan fingerprint density at radius 1 is 1.07 bits per heavy atom. The number of hydrogen-bond acceptors (Lipinski definition) is 5. The molecule has 0 atom stereocenters. The third-order valence-corrected chi connectivity index (χ3v) is 4.74. The van der Waals surface area contributed by atoms with Gasteiger partial charge in [-0.15, -0.1) is 0 Å². The first kappa shape index (κ1) is 19.2. The monoisotopic (exact) mass is 425 g/mol. The van der Waals surface area contributed by atoms with Crippen molar-refractivity contribution in [2.24, 2.45) is 0 Å². The highest BCUT2D eigenvalue weighted by Gasteiger charge is 2.17. The van der Waals surface area contributed by atoms with Crippen molar-refractivity contribution in [3.8, 4) is 11.3 Å². The van der Waals surface area contributed by atoms with Crippen LogP contribution in [-0.4, -0.2) is 10.9 Å². The first-order chi connectivity index (χ1) is 12.9. The number of non-ortho nitro benzene ring substituents is 1. The Morgan fingerprint density at radius 2 is 1.85 bits per heavy atom. The Bertz CT molecular complexity index is 1030. The zero-order chi connectivity index (χ0) is 19.6. The molecule has 6 nitrogen and oxygen atoms in total. The molecule has 0 saturated carbocycles. The van der Waals surface area contributed by atoms with Crippen molar-refractivity contribution < 1.29 is 18.9 Å². The average molecular weight is 427 g/mol. The number of carbonyl (C=O) groups excluding carboxylic acids is 1. The SMILES string of the molecule is O=C(OCc1ccc(-c2cccc(Cl)c2Cl)o1)c1ccc([N+](=O)[O-])cc1Cl. The van der Waals surface area contributed by atoms with Crippen LogP contribution in [0.1, 0.15) is 16.1 Å². The highest BCUT2D eigenvalue weighted by atomic mass is 35.5. The van der Waals surface area contributed by atoms with Crippen molar-refractivity contribution in [3.05, 3.63) is 85.0 Å². The Kier molecular flexibility index (Phi) is 5.70. The maximum Gasteiger partial charge on any atom is 0.340 e. The Morgan fingerprint density at radius 3 is 2.56 bits per heavy atom. The quantitative estimate of drug-likeness (QED) is 0.277. The lowest BCUT2D eigenvalue weighted by atomic mass is 10.2. The van der Waals surface area contributed by atoms with E-state index in [-0.39, 0.29) is 22.9 Å². The molecule has 0 amide bonds. The molecule has 27 heavy (non-hydrogen) atoms. The Hall–Kier alpha value is -2.54. The topological polar surface area (TPSA) is 82.6 Å². The fourth-order valence-electron chi connectivity index (χ4n) is 2.29. The molecule has 1 aromatic heterocycles. The summed E-state index contributed by atoms with van der Waals surface area (Å²) in [6.07, 6.45) is 0. The van der Waals surface area contributed by atoms with Gasteiger partial charge in [-0.2, -0.15) is 0 Å². The number of esters is 1. The van der Waals surface area contributed by atoms with Crippen molar-refractivity contribution in [3.63, 3.8) is 0 Å². The molecule has 0 aliphatic heterocycles. The first-order valence-corrected chi connectivity index (χ1v) is 8.64. The summed E-state index contributed by atoms with van der Waals surface area (Å²) in [5, 5.41) is 11.4. The second-order valence-electron chi connectivity index (χ2n) is 5.36. The van der Waals surface area contributed by atoms with E-state index in [1.165, 1.54) is 12.1 Å². The molecule has 0 bridgehead atoms. The minimum Gasteiger partial charge on any atom is -0.457 e. The van der Waals surface area contributed by atoms with Crippen LogP contribution in [0.3, 0.4) is 0 Å². The molecule has 0 aliphatic rings. The molecule has 3 aromatic rings. The lowest BCUT2D eigenvalue weighted by Crippen LogP contribution is -2.06. The van der Waals surface area contributed by atoms with Gasteiger partial charge in [0.05, 0.1) is 25.6 Å². The molecule has 0 N–H and O–H groups in total. The highest BCUT2D eigenvalue weighted by molar-refractivity contribution is 6.43. The molecule has 9 heteroatoms. The van der Waals surface area contributed by atoms with Gasteiger partial charge in [0.25, 0.3) is 5.69 Å². The molecular formula is C18H10Cl3NO5. The number of nitro groups is 1. The molecule has 0 radical (unpaired) electrons. The van der Waals surface area contributed by atoms with Gasteiger partial charge in [-0.1, -0.05) is 40.9 Å². The predicted octanol–water partition coefficient (Wildman–Crippen LogP) is 6.17. The molecule has 0 aliphatic carbocycles. The number of furan rings is 1. The summed E-state index contributed by atoms with van der Waals surface area (Å²) < 4.78 is 10.8. The third-order valence-electron chi connectivity index (χ3n) is 3.61. The van der Waals surface area contributed by atoms with E-state index in [9.17, 15) is 14.9 Å². The maximum atomic E-state index is 12.1. The van der Waals surface area contributed by atoms with E-state index in [0.29, 0.717) is 27.1 Å². The van der Waals surface area contributed by atoms with Gasteiger partial charge < -0.3 is 9.15 Å². The van der Waals surface area contributed by atoms with Crippen LogP contribution in [0.15, 0.2) is 52.9 Å². The normalized spacial score (nSPS) is 10.6. The van der Waals surface area contributed by atoms with Crippen molar-refractivity contribution in [1.29, 1.82) is 0 Å². The molecule has 0 fully saturated rings. The summed E-state index contributed by atoms with van der Waals surface area (Å²) in [4.78, 5) is 22.2. The van der Waals surface area contributed by atoms with E-state index in [4.69, 9.17) is 44.0 Å². The predicted molar refractivity (Wildman–Crippen MR) is 101 cm³/mol. The van der Waals surface area contributed by atoms with E-state index >= 15 is 0 Å². The van der Waals surface area contributed by atoms with Gasteiger partial charge in [-0.25, -0.2) is 4.79 Å². The number of hydrogen-bond donors (Lipinski definition) is 0. The summed E-state index contributed by atoms with van der Waals surface area (Å²) in [6.45, 7) is -0.148. The number of halogens is 3. The number of benzene rings is 2. The number of nitro benzene ring substituents is 1. The summed E-state index contributed by atoms with van der Waals surface area (Å²) >= 11 is 18.1. The minimum absolute atomic E-state index is 0.0203. The number of nitrogens with zero attached hydrogens (tertiary/aromatic N) is 1. The second-order valence-corrected chi connectivity index (χ2v) is 6.56. The third kappa shape index (κ3) is 4.24. The van der Waals surface area contributed by atoms with Crippen LogP contribution in [0, 0.1) is 10.1 Å². The first-order valence-electron chi connectivity index (χ1n) is 7.51. The van der Waals surface area contributed by atoms with E-state index in [2.05, 4.69) is 0 Å². The smallest absolute Gasteiger partial charge is 0.340 e. The van der Waals surface area contributed by atoms with Crippen LogP contribution in [0.2, 0.25) is 15.1 Å². The molecule has 0 saturated heterocycles. The standard InChI is InChI=1S/C18H10Cl3NO5/c19-14-3-1-2-13(17(14)21)16-7-5-11(27-16)9-26-18(23)12-6-4-10(22(24)25)8-15(12)20/h1-8H,9H2. The van der Waals surface area contributed by atoms with E-state index in [0.717, 1.165) is 6.07 Å². The summed E-state index contributed by atoms with van der Waals surface area (Å²) in [5.41, 5.74) is 0.415. The molecule has 3 rings (SSSR count). The zero-order valence-corrected chi connectivity index (χ0v) is 15.7. The van der Waals surface area contributed by atoms with Crippen LogP contribution < -0.4 is 0 Å². The average Bonchev–Trinajstić information content (AvgIpc) is 3.10. The molecule has 2 aromatic carbocycles. The number of carbonyl (C=O) groups is 1. The van der Waals surface area contributed by atoms with Crippen molar-refractivity contribution >= 4 is 46.5 Å². The summed E-state index contributed by atoms with van der Waals surface area (Å²) in [5.74, 6) is 0.128. The molecule has 0 spiro atoms. The van der Waals surface area contributed by atoms with Gasteiger partial charge in [-0.05, 0) is 30.3 Å². The number of rotatable bonds is 5. The van der Waals surface area contributed by atoms with Gasteiger partial charge in [0.2, 0.25) is 0 Å². The van der Waals surface area contributed by atoms with E-state index in [1.54, 1.807) is 30.3 Å². The van der Waals surface area contributed by atoms with Crippen LogP contribution in [-0.2, 0) is 11.3 Å². The minimum atomic E-state index is -0.728. The van der Waals surface area contributed by atoms with Crippen LogP contribution in [0.4, 0.5) is 5.69 Å². The van der Waals surface area contributed by atoms with Gasteiger partial charge in [0.1, 0.15) is 18.1 Å². The van der Waals surface area contributed by atoms with Crippen molar-refractivity contribution in [2.75, 3.05) is 0 Å². The summed E-state index contributed by atoms with van der Waals surface area (Å²) in [6, 6.07) is 12.0. The molecule has 138 valence electrons. The van der Waals surface area contributed by atoms with E-state index < -0.39 is 10.9 Å². The van der Waals surface area contributed by atoms with Crippen LogP contribution >= 0.6 is 34.8 Å². The van der Waals surface area contributed by atoms with Gasteiger partial charge in [-0.3, -0.25) is 10.1 Å². The Labute approximate surface area is 168 Å². The Balaban J connectivity index is 1.71. The van der Waals surface area contributed by atoms with Crippen molar-refractivity contribution in [1.82, 2.24) is 0 Å². The zero-order valence-electron chi connectivity index (χ0n) is 13.4. The van der Waals surface area contributed by atoms with Gasteiger partial charge in [0, 0.05) is 17.7 Å².